The number of aliphatic hydroxyl groups excluding tert-OH is 1. The van der Waals surface area contributed by atoms with Crippen LogP contribution in [-0.2, 0) is 10.9 Å². The third-order valence-electron chi connectivity index (χ3n) is 2.23. The second-order valence-electron chi connectivity index (χ2n) is 3.75. The second kappa shape index (κ2) is 6.55. The average molecular weight is 264 g/mol. The molecule has 18 heavy (non-hydrogen) atoms. The topological polar surface area (TPSA) is 54.4 Å². The van der Waals surface area contributed by atoms with Crippen molar-refractivity contribution in [2.24, 2.45) is 0 Å². The molecule has 0 bridgehead atoms. The Labute approximate surface area is 103 Å². The molecule has 1 atom stereocenters. The lowest BCUT2D eigenvalue weighted by Gasteiger charge is -2.12. The summed E-state index contributed by atoms with van der Waals surface area (Å²) in [4.78, 5) is 3.77. The Kier molecular flexibility index (Phi) is 5.36. The molecule has 0 aliphatic rings. The van der Waals surface area contributed by atoms with Crippen molar-refractivity contribution >= 4 is 5.82 Å². The minimum absolute atomic E-state index is 0.134. The van der Waals surface area contributed by atoms with E-state index in [4.69, 9.17) is 4.74 Å². The molecule has 1 aromatic rings. The number of aromatic nitrogens is 1. The molecule has 1 heterocycles. The van der Waals surface area contributed by atoms with Gasteiger partial charge in [-0.3, -0.25) is 0 Å². The highest BCUT2D eigenvalue weighted by atomic mass is 19.4. The minimum atomic E-state index is -4.38. The lowest BCUT2D eigenvalue weighted by molar-refractivity contribution is -0.137. The van der Waals surface area contributed by atoms with Gasteiger partial charge in [0.25, 0.3) is 0 Å². The number of aliphatic hydroxyl groups is 1. The van der Waals surface area contributed by atoms with Crippen LogP contribution in [0.25, 0.3) is 0 Å². The van der Waals surface area contributed by atoms with Crippen LogP contribution in [0, 0.1) is 0 Å². The van der Waals surface area contributed by atoms with Gasteiger partial charge in [-0.15, -0.1) is 0 Å². The molecule has 0 spiro atoms. The molecule has 0 aliphatic carbocycles. The van der Waals surface area contributed by atoms with Gasteiger partial charge in [-0.05, 0) is 18.6 Å². The molecule has 0 aromatic carbocycles. The summed E-state index contributed by atoms with van der Waals surface area (Å²) >= 11 is 0. The molecular weight excluding hydrogens is 249 g/mol. The molecule has 0 saturated heterocycles. The summed E-state index contributed by atoms with van der Waals surface area (Å²) in [5.74, 6) is 0.134. The van der Waals surface area contributed by atoms with Crippen molar-refractivity contribution in [3.8, 4) is 0 Å². The highest BCUT2D eigenvalue weighted by Gasteiger charge is 2.30. The number of pyridine rings is 1. The molecule has 1 unspecified atom stereocenters. The summed E-state index contributed by atoms with van der Waals surface area (Å²) in [5.41, 5.74) is -0.752. The summed E-state index contributed by atoms with van der Waals surface area (Å²) in [7, 11) is 1.46. The minimum Gasteiger partial charge on any atom is -0.391 e. The summed E-state index contributed by atoms with van der Waals surface area (Å²) in [6, 6.07) is 1.84. The molecule has 2 N–H and O–H groups in total. The van der Waals surface area contributed by atoms with Crippen LogP contribution in [0.1, 0.15) is 12.0 Å². The predicted molar refractivity (Wildman–Crippen MR) is 60.2 cm³/mol. The summed E-state index contributed by atoms with van der Waals surface area (Å²) in [6.45, 7) is 0.510. The lowest BCUT2D eigenvalue weighted by atomic mass is 10.2. The maximum Gasteiger partial charge on any atom is 0.416 e. The van der Waals surface area contributed by atoms with Gasteiger partial charge >= 0.3 is 6.18 Å². The fourth-order valence-electron chi connectivity index (χ4n) is 1.35. The fourth-order valence-corrected chi connectivity index (χ4v) is 1.35. The second-order valence-corrected chi connectivity index (χ2v) is 3.75. The van der Waals surface area contributed by atoms with Crippen LogP contribution in [0.2, 0.25) is 0 Å². The number of nitrogens with zero attached hydrogens (tertiary/aromatic N) is 1. The number of hydrogen-bond donors (Lipinski definition) is 2. The molecule has 0 saturated carbocycles. The molecule has 1 rings (SSSR count). The van der Waals surface area contributed by atoms with E-state index in [-0.39, 0.29) is 12.4 Å². The first-order valence-electron chi connectivity index (χ1n) is 5.37. The first kappa shape index (κ1) is 14.7. The van der Waals surface area contributed by atoms with Crippen LogP contribution in [0.15, 0.2) is 18.3 Å². The molecule has 4 nitrogen and oxygen atoms in total. The Bertz CT molecular complexity index is 372. The number of anilines is 1. The molecular formula is C11H15F3N2O2. The van der Waals surface area contributed by atoms with Crippen LogP contribution in [0.5, 0.6) is 0 Å². The van der Waals surface area contributed by atoms with Crippen LogP contribution in [0.4, 0.5) is 19.0 Å². The Morgan fingerprint density at radius 3 is 2.83 bits per heavy atom. The third kappa shape index (κ3) is 4.89. The number of alkyl halides is 3. The molecule has 0 aliphatic heterocycles. The van der Waals surface area contributed by atoms with E-state index in [1.807, 2.05) is 0 Å². The van der Waals surface area contributed by atoms with Crippen molar-refractivity contribution in [3.63, 3.8) is 0 Å². The van der Waals surface area contributed by atoms with Crippen molar-refractivity contribution < 1.29 is 23.0 Å². The van der Waals surface area contributed by atoms with E-state index in [0.29, 0.717) is 13.0 Å². The van der Waals surface area contributed by atoms with E-state index in [1.165, 1.54) is 7.11 Å². The number of halogens is 3. The normalized spacial score (nSPS) is 13.4. The van der Waals surface area contributed by atoms with Gasteiger partial charge in [0.05, 0.1) is 18.3 Å². The Balaban J connectivity index is 2.48. The molecule has 0 amide bonds. The average Bonchev–Trinajstić information content (AvgIpc) is 2.29. The van der Waals surface area contributed by atoms with Gasteiger partial charge < -0.3 is 15.2 Å². The fraction of sp³-hybridized carbons (Fsp3) is 0.545. The first-order chi connectivity index (χ1) is 8.43. The zero-order valence-corrected chi connectivity index (χ0v) is 9.87. The van der Waals surface area contributed by atoms with Gasteiger partial charge in [-0.25, -0.2) is 4.98 Å². The van der Waals surface area contributed by atoms with E-state index >= 15 is 0 Å². The maximum atomic E-state index is 12.4. The monoisotopic (exact) mass is 264 g/mol. The van der Waals surface area contributed by atoms with Crippen LogP contribution < -0.4 is 5.32 Å². The summed E-state index contributed by atoms with van der Waals surface area (Å²) in [5, 5.41) is 12.1. The van der Waals surface area contributed by atoms with Crippen LogP contribution in [-0.4, -0.2) is 36.5 Å². The summed E-state index contributed by atoms with van der Waals surface area (Å²) < 4.78 is 41.9. The number of ether oxygens (including phenoxy) is 1. The quantitative estimate of drug-likeness (QED) is 0.824. The van der Waals surface area contributed by atoms with Gasteiger partial charge in [-0.2, -0.15) is 13.2 Å². The highest BCUT2D eigenvalue weighted by molar-refractivity contribution is 5.38. The van der Waals surface area contributed by atoms with E-state index in [1.54, 1.807) is 0 Å². The van der Waals surface area contributed by atoms with Crippen molar-refractivity contribution in [2.45, 2.75) is 18.7 Å². The standard InChI is InChI=1S/C11H15F3N2O2/c1-18-7-9(17)3-5-16-10-6-8(2-4-15-10)11(12,13)14/h2,4,6,9,17H,3,5,7H2,1H3,(H,15,16). The lowest BCUT2D eigenvalue weighted by Crippen LogP contribution is -2.18. The van der Waals surface area contributed by atoms with Crippen LogP contribution >= 0.6 is 0 Å². The van der Waals surface area contributed by atoms with Gasteiger partial charge in [-0.1, -0.05) is 0 Å². The van der Waals surface area contributed by atoms with Gasteiger partial charge in [0.1, 0.15) is 5.82 Å². The molecule has 7 heteroatoms. The zero-order chi connectivity index (χ0) is 13.6. The SMILES string of the molecule is COCC(O)CCNc1cc(C(F)(F)F)ccn1. The predicted octanol–water partition coefficient (Wildman–Crippen LogP) is 1.91. The number of methoxy groups -OCH3 is 1. The van der Waals surface area contributed by atoms with Crippen molar-refractivity contribution in [1.29, 1.82) is 0 Å². The van der Waals surface area contributed by atoms with E-state index in [2.05, 4.69) is 10.3 Å². The van der Waals surface area contributed by atoms with E-state index in [9.17, 15) is 18.3 Å². The largest absolute Gasteiger partial charge is 0.416 e. The van der Waals surface area contributed by atoms with Gasteiger partial charge in [0.15, 0.2) is 0 Å². The first-order valence-corrected chi connectivity index (χ1v) is 5.37. The Hall–Kier alpha value is -1.34. The van der Waals surface area contributed by atoms with Gasteiger partial charge in [0, 0.05) is 19.9 Å². The van der Waals surface area contributed by atoms with Crippen molar-refractivity contribution in [2.75, 3.05) is 25.6 Å². The number of hydrogen-bond acceptors (Lipinski definition) is 4. The van der Waals surface area contributed by atoms with Crippen molar-refractivity contribution in [1.82, 2.24) is 4.98 Å². The van der Waals surface area contributed by atoms with E-state index < -0.39 is 17.8 Å². The Morgan fingerprint density at radius 1 is 1.50 bits per heavy atom. The summed E-state index contributed by atoms with van der Waals surface area (Å²) in [6.07, 6.45) is -3.56. The molecule has 0 fully saturated rings. The third-order valence-corrected chi connectivity index (χ3v) is 2.23. The molecule has 0 radical (unpaired) electrons. The Morgan fingerprint density at radius 2 is 2.22 bits per heavy atom. The van der Waals surface area contributed by atoms with Gasteiger partial charge in [0.2, 0.25) is 0 Å². The van der Waals surface area contributed by atoms with Crippen molar-refractivity contribution in [3.05, 3.63) is 23.9 Å². The molecule has 1 aromatic heterocycles. The number of nitrogens with one attached hydrogen (secondary N) is 1. The highest BCUT2D eigenvalue weighted by Crippen LogP contribution is 2.29. The smallest absolute Gasteiger partial charge is 0.391 e. The molecule has 102 valence electrons. The van der Waals surface area contributed by atoms with Crippen LogP contribution in [0.3, 0.4) is 0 Å². The number of rotatable bonds is 6. The maximum absolute atomic E-state index is 12.4. The van der Waals surface area contributed by atoms with E-state index in [0.717, 1.165) is 18.3 Å². The zero-order valence-electron chi connectivity index (χ0n) is 9.87.